The van der Waals surface area contributed by atoms with Gasteiger partial charge in [0.2, 0.25) is 0 Å². The third kappa shape index (κ3) is 6.10. The van der Waals surface area contributed by atoms with Crippen LogP contribution >= 0.6 is 11.8 Å². The molecule has 1 aromatic carbocycles. The third-order valence-corrected chi connectivity index (χ3v) is 3.29. The Bertz CT molecular complexity index is 307. The quantitative estimate of drug-likeness (QED) is 0.596. The highest BCUT2D eigenvalue weighted by molar-refractivity contribution is 7.99. The molecule has 2 nitrogen and oxygen atoms in total. The second-order valence-electron chi connectivity index (χ2n) is 4.56. The molecule has 0 heterocycles. The van der Waals surface area contributed by atoms with Gasteiger partial charge in [-0.3, -0.25) is 0 Å². The highest BCUT2D eigenvalue weighted by Crippen LogP contribution is 2.20. The second-order valence-corrected chi connectivity index (χ2v) is 5.73. The topological polar surface area (TPSA) is 29.5 Å². The van der Waals surface area contributed by atoms with Gasteiger partial charge < -0.3 is 9.84 Å². The van der Waals surface area contributed by atoms with E-state index in [0.717, 1.165) is 24.5 Å². The minimum absolute atomic E-state index is 0.386. The van der Waals surface area contributed by atoms with Gasteiger partial charge >= 0.3 is 0 Å². The van der Waals surface area contributed by atoms with Gasteiger partial charge in [-0.15, -0.1) is 11.8 Å². The van der Waals surface area contributed by atoms with E-state index in [4.69, 9.17) is 4.74 Å². The molecule has 3 heteroatoms. The van der Waals surface area contributed by atoms with Crippen molar-refractivity contribution in [3.05, 3.63) is 29.8 Å². The van der Waals surface area contributed by atoms with Gasteiger partial charge in [-0.25, -0.2) is 0 Å². The Balaban J connectivity index is 2.23. The molecule has 0 saturated carbocycles. The van der Waals surface area contributed by atoms with E-state index in [1.54, 1.807) is 18.7 Å². The van der Waals surface area contributed by atoms with Crippen LogP contribution in [0.3, 0.4) is 0 Å². The van der Waals surface area contributed by atoms with E-state index >= 15 is 0 Å². The number of hydrogen-bond acceptors (Lipinski definition) is 3. The van der Waals surface area contributed by atoms with E-state index < -0.39 is 0 Å². The lowest BCUT2D eigenvalue weighted by Crippen LogP contribution is -2.04. The zero-order valence-corrected chi connectivity index (χ0v) is 11.7. The Kier molecular flexibility index (Phi) is 6.63. The Morgan fingerprint density at radius 1 is 1.18 bits per heavy atom. The molecular formula is C14H22O2S. The fraction of sp³-hybridized carbons (Fsp3) is 0.571. The van der Waals surface area contributed by atoms with Crippen LogP contribution in [0.5, 0.6) is 0 Å². The van der Waals surface area contributed by atoms with Gasteiger partial charge in [-0.1, -0.05) is 26.0 Å². The largest absolute Gasteiger partial charge is 0.389 e. The van der Waals surface area contributed by atoms with Crippen LogP contribution in [-0.2, 0) is 4.74 Å². The first-order chi connectivity index (χ1) is 8.09. The van der Waals surface area contributed by atoms with Crippen LogP contribution in [0, 0.1) is 5.92 Å². The van der Waals surface area contributed by atoms with Gasteiger partial charge in [0.25, 0.3) is 0 Å². The summed E-state index contributed by atoms with van der Waals surface area (Å²) in [4.78, 5) is 1.22. The summed E-state index contributed by atoms with van der Waals surface area (Å²) in [6.07, 6.45) is -0.386. The molecule has 1 atom stereocenters. The van der Waals surface area contributed by atoms with Crippen LogP contribution < -0.4 is 0 Å². The van der Waals surface area contributed by atoms with Crippen molar-refractivity contribution in [2.24, 2.45) is 5.92 Å². The summed E-state index contributed by atoms with van der Waals surface area (Å²) in [5, 5.41) is 9.39. The predicted molar refractivity (Wildman–Crippen MR) is 73.5 cm³/mol. The molecule has 1 rings (SSSR count). The first-order valence-corrected chi connectivity index (χ1v) is 7.06. The van der Waals surface area contributed by atoms with E-state index in [9.17, 15) is 5.11 Å². The lowest BCUT2D eigenvalue weighted by atomic mass is 10.1. The standard InChI is InChI=1S/C14H22O2S/c1-11(2)10-16-8-9-17-14-6-4-13(5-7-14)12(3)15/h4-7,11-12,15H,8-10H2,1-3H3. The number of rotatable bonds is 7. The summed E-state index contributed by atoms with van der Waals surface area (Å²) in [6.45, 7) is 7.72. The van der Waals surface area contributed by atoms with E-state index in [2.05, 4.69) is 26.0 Å². The summed E-state index contributed by atoms with van der Waals surface area (Å²) in [7, 11) is 0. The zero-order chi connectivity index (χ0) is 12.7. The molecular weight excluding hydrogens is 232 g/mol. The van der Waals surface area contributed by atoms with Crippen molar-refractivity contribution in [2.75, 3.05) is 19.0 Å². The third-order valence-electron chi connectivity index (χ3n) is 2.31. The molecule has 1 unspecified atom stereocenters. The Morgan fingerprint density at radius 3 is 2.35 bits per heavy atom. The Morgan fingerprint density at radius 2 is 1.82 bits per heavy atom. The predicted octanol–water partition coefficient (Wildman–Crippen LogP) is 3.50. The molecule has 0 aliphatic heterocycles. The van der Waals surface area contributed by atoms with Gasteiger partial charge in [0.1, 0.15) is 0 Å². The van der Waals surface area contributed by atoms with E-state index in [1.165, 1.54) is 4.90 Å². The zero-order valence-electron chi connectivity index (χ0n) is 10.8. The molecule has 17 heavy (non-hydrogen) atoms. The summed E-state index contributed by atoms with van der Waals surface area (Å²) in [6, 6.07) is 8.05. The highest BCUT2D eigenvalue weighted by Gasteiger charge is 2.00. The van der Waals surface area contributed by atoms with Crippen molar-refractivity contribution in [1.29, 1.82) is 0 Å². The average molecular weight is 254 g/mol. The smallest absolute Gasteiger partial charge is 0.0761 e. The van der Waals surface area contributed by atoms with Gasteiger partial charge in [-0.2, -0.15) is 0 Å². The van der Waals surface area contributed by atoms with Crippen molar-refractivity contribution < 1.29 is 9.84 Å². The first-order valence-electron chi connectivity index (χ1n) is 6.08. The molecule has 1 aromatic rings. The van der Waals surface area contributed by atoms with Crippen molar-refractivity contribution in [2.45, 2.75) is 31.8 Å². The van der Waals surface area contributed by atoms with E-state index in [0.29, 0.717) is 5.92 Å². The van der Waals surface area contributed by atoms with Crippen LogP contribution in [0.1, 0.15) is 32.4 Å². The lowest BCUT2D eigenvalue weighted by molar-refractivity contribution is 0.124. The molecule has 0 aliphatic rings. The van der Waals surface area contributed by atoms with Crippen LogP contribution in [0.2, 0.25) is 0 Å². The SMILES string of the molecule is CC(C)COCCSc1ccc(C(C)O)cc1. The fourth-order valence-electron chi connectivity index (χ4n) is 1.38. The van der Waals surface area contributed by atoms with Crippen molar-refractivity contribution in [3.63, 3.8) is 0 Å². The molecule has 0 amide bonds. The number of benzene rings is 1. The maximum absolute atomic E-state index is 9.39. The first kappa shape index (κ1) is 14.6. The van der Waals surface area contributed by atoms with Crippen LogP contribution in [0.4, 0.5) is 0 Å². The number of thioether (sulfide) groups is 1. The van der Waals surface area contributed by atoms with Gasteiger partial charge in [0, 0.05) is 17.3 Å². The fourth-order valence-corrected chi connectivity index (χ4v) is 2.15. The molecule has 96 valence electrons. The normalized spacial score (nSPS) is 13.0. The minimum atomic E-state index is -0.386. The van der Waals surface area contributed by atoms with E-state index in [-0.39, 0.29) is 6.10 Å². The minimum Gasteiger partial charge on any atom is -0.389 e. The molecule has 0 bridgehead atoms. The average Bonchev–Trinajstić information content (AvgIpc) is 2.29. The van der Waals surface area contributed by atoms with Gasteiger partial charge in [0.15, 0.2) is 0 Å². The maximum atomic E-state index is 9.39. The second kappa shape index (κ2) is 7.75. The highest BCUT2D eigenvalue weighted by atomic mass is 32.2. The molecule has 1 N–H and O–H groups in total. The van der Waals surface area contributed by atoms with Crippen molar-refractivity contribution in [3.8, 4) is 0 Å². The number of aliphatic hydroxyl groups is 1. The summed E-state index contributed by atoms with van der Waals surface area (Å²) in [5.74, 6) is 1.58. The Hall–Kier alpha value is -0.510. The molecule has 0 aliphatic carbocycles. The van der Waals surface area contributed by atoms with Gasteiger partial charge in [-0.05, 0) is 30.5 Å². The van der Waals surface area contributed by atoms with Crippen molar-refractivity contribution in [1.82, 2.24) is 0 Å². The molecule has 0 aromatic heterocycles. The maximum Gasteiger partial charge on any atom is 0.0761 e. The monoisotopic (exact) mass is 254 g/mol. The molecule has 0 fully saturated rings. The van der Waals surface area contributed by atoms with Crippen LogP contribution in [0.15, 0.2) is 29.2 Å². The van der Waals surface area contributed by atoms with Gasteiger partial charge in [0.05, 0.1) is 12.7 Å². The van der Waals surface area contributed by atoms with Crippen molar-refractivity contribution >= 4 is 11.8 Å². The van der Waals surface area contributed by atoms with E-state index in [1.807, 2.05) is 12.1 Å². The van der Waals surface area contributed by atoms with Crippen LogP contribution in [-0.4, -0.2) is 24.1 Å². The number of ether oxygens (including phenoxy) is 1. The molecule has 0 spiro atoms. The summed E-state index contributed by atoms with van der Waals surface area (Å²) < 4.78 is 5.52. The lowest BCUT2D eigenvalue weighted by Gasteiger charge is -2.08. The van der Waals surface area contributed by atoms with Crippen LogP contribution in [0.25, 0.3) is 0 Å². The number of aliphatic hydroxyl groups excluding tert-OH is 1. The molecule has 0 radical (unpaired) electrons. The summed E-state index contributed by atoms with van der Waals surface area (Å²) in [5.41, 5.74) is 0.963. The Labute approximate surface area is 108 Å². The number of hydrogen-bond donors (Lipinski definition) is 1. The summed E-state index contributed by atoms with van der Waals surface area (Å²) >= 11 is 1.79. The molecule has 0 saturated heterocycles.